The van der Waals surface area contributed by atoms with Gasteiger partial charge in [0.15, 0.2) is 12.4 Å². The fraction of sp³-hybridized carbons (Fsp3) is 0.0833. The number of halogens is 1. The van der Waals surface area contributed by atoms with Gasteiger partial charge >= 0.3 is 5.91 Å². The number of hydrogen-bond acceptors (Lipinski definition) is 3. The van der Waals surface area contributed by atoms with Crippen molar-refractivity contribution in [2.75, 3.05) is 0 Å². The summed E-state index contributed by atoms with van der Waals surface area (Å²) >= 11 is 4.94. The van der Waals surface area contributed by atoms with Gasteiger partial charge in [0.05, 0.1) is 11.1 Å². The van der Waals surface area contributed by atoms with Crippen molar-refractivity contribution in [1.82, 2.24) is 5.43 Å². The largest absolute Gasteiger partial charge is 0.305 e. The van der Waals surface area contributed by atoms with E-state index in [1.807, 2.05) is 42.0 Å². The Morgan fingerprint density at radius 1 is 1.44 bits per heavy atom. The molecule has 6 heteroatoms. The predicted molar refractivity (Wildman–Crippen MR) is 74.4 cm³/mol. The number of rotatable bonds is 4. The van der Waals surface area contributed by atoms with Crippen molar-refractivity contribution in [2.45, 2.75) is 6.54 Å². The van der Waals surface area contributed by atoms with Gasteiger partial charge in [-0.3, -0.25) is 4.79 Å². The third-order valence-electron chi connectivity index (χ3n) is 2.12. The average molecular weight is 325 g/mol. The number of hydrazone groups is 1. The van der Waals surface area contributed by atoms with Gasteiger partial charge < -0.3 is 0 Å². The van der Waals surface area contributed by atoms with E-state index in [9.17, 15) is 4.79 Å². The number of aromatic nitrogens is 1. The maximum absolute atomic E-state index is 11.6. The third kappa shape index (κ3) is 3.75. The van der Waals surface area contributed by atoms with E-state index < -0.39 is 0 Å². The second-order valence-electron chi connectivity index (χ2n) is 3.47. The van der Waals surface area contributed by atoms with Crippen molar-refractivity contribution in [1.29, 1.82) is 0 Å². The summed E-state index contributed by atoms with van der Waals surface area (Å²) in [6, 6.07) is 7.59. The Hall–Kier alpha value is -1.53. The van der Waals surface area contributed by atoms with Crippen LogP contribution in [0.5, 0.6) is 0 Å². The van der Waals surface area contributed by atoms with Crippen LogP contribution < -0.4 is 9.99 Å². The SMILES string of the molecule is O=C(C[n+]1ccccc1)N/N=C\c1sccc1Br. The number of pyridine rings is 1. The van der Waals surface area contributed by atoms with Crippen molar-refractivity contribution < 1.29 is 9.36 Å². The van der Waals surface area contributed by atoms with Crippen LogP contribution >= 0.6 is 27.3 Å². The van der Waals surface area contributed by atoms with Gasteiger partial charge in [-0.1, -0.05) is 6.07 Å². The van der Waals surface area contributed by atoms with Crippen LogP contribution in [-0.4, -0.2) is 12.1 Å². The molecule has 0 spiro atoms. The van der Waals surface area contributed by atoms with E-state index in [0.29, 0.717) is 0 Å². The highest BCUT2D eigenvalue weighted by atomic mass is 79.9. The van der Waals surface area contributed by atoms with Crippen LogP contribution in [0.2, 0.25) is 0 Å². The van der Waals surface area contributed by atoms with E-state index in [1.165, 1.54) is 0 Å². The highest BCUT2D eigenvalue weighted by Crippen LogP contribution is 2.20. The lowest BCUT2D eigenvalue weighted by molar-refractivity contribution is -0.684. The molecule has 2 rings (SSSR count). The van der Waals surface area contributed by atoms with E-state index >= 15 is 0 Å². The van der Waals surface area contributed by atoms with E-state index in [1.54, 1.807) is 22.1 Å². The Morgan fingerprint density at radius 2 is 2.22 bits per heavy atom. The molecule has 0 saturated heterocycles. The molecule has 0 aliphatic rings. The molecule has 1 amide bonds. The zero-order valence-corrected chi connectivity index (χ0v) is 11.8. The molecular weight excluding hydrogens is 314 g/mol. The molecule has 0 bridgehead atoms. The summed E-state index contributed by atoms with van der Waals surface area (Å²) in [5.74, 6) is -0.157. The van der Waals surface area contributed by atoms with Crippen LogP contribution in [0.1, 0.15) is 4.88 Å². The number of carbonyl (C=O) groups is 1. The standard InChI is InChI=1S/C12H10BrN3OS/c13-10-4-7-18-11(10)8-14-15-12(17)9-16-5-2-1-3-6-16/h1-8H,9H2/p+1/b14-8-. The van der Waals surface area contributed by atoms with Crippen molar-refractivity contribution in [2.24, 2.45) is 5.10 Å². The molecule has 0 aliphatic carbocycles. The summed E-state index contributed by atoms with van der Waals surface area (Å²) in [5, 5.41) is 5.86. The molecule has 0 fully saturated rings. The topological polar surface area (TPSA) is 45.3 Å². The minimum Gasteiger partial charge on any atom is -0.266 e. The summed E-state index contributed by atoms with van der Waals surface area (Å²) in [5.41, 5.74) is 2.49. The van der Waals surface area contributed by atoms with Gasteiger partial charge in [0.25, 0.3) is 0 Å². The Morgan fingerprint density at radius 3 is 2.89 bits per heavy atom. The molecule has 1 N–H and O–H groups in total. The van der Waals surface area contributed by atoms with Crippen LogP contribution in [0, 0.1) is 0 Å². The lowest BCUT2D eigenvalue weighted by atomic mass is 10.4. The van der Waals surface area contributed by atoms with Gasteiger partial charge in [-0.25, -0.2) is 5.43 Å². The number of thiophene rings is 1. The summed E-state index contributed by atoms with van der Waals surface area (Å²) in [6.07, 6.45) is 5.29. The number of hydrogen-bond donors (Lipinski definition) is 1. The Bertz CT molecular complexity index is 553. The molecule has 92 valence electrons. The normalized spacial score (nSPS) is 10.7. The highest BCUT2D eigenvalue weighted by molar-refractivity contribution is 9.10. The van der Waals surface area contributed by atoms with Crippen LogP contribution in [0.25, 0.3) is 0 Å². The molecular formula is C12H11BrN3OS+. The van der Waals surface area contributed by atoms with E-state index in [0.717, 1.165) is 9.35 Å². The molecule has 0 saturated carbocycles. The van der Waals surface area contributed by atoms with Gasteiger partial charge in [0, 0.05) is 16.6 Å². The number of nitrogens with zero attached hydrogens (tertiary/aromatic N) is 2. The van der Waals surface area contributed by atoms with Crippen molar-refractivity contribution in [3.05, 3.63) is 51.4 Å². The summed E-state index contributed by atoms with van der Waals surface area (Å²) in [6.45, 7) is 0.254. The van der Waals surface area contributed by atoms with Gasteiger partial charge in [-0.15, -0.1) is 11.3 Å². The number of nitrogens with one attached hydrogen (secondary N) is 1. The number of amides is 1. The Balaban J connectivity index is 1.86. The van der Waals surface area contributed by atoms with Gasteiger partial charge in [-0.2, -0.15) is 9.67 Å². The Kier molecular flexibility index (Phi) is 4.60. The number of carbonyl (C=O) groups excluding carboxylic acids is 1. The smallest absolute Gasteiger partial charge is 0.266 e. The van der Waals surface area contributed by atoms with Crippen LogP contribution in [0.15, 0.2) is 51.6 Å². The second kappa shape index (κ2) is 6.42. The lowest BCUT2D eigenvalue weighted by Gasteiger charge is -1.95. The molecule has 0 atom stereocenters. The molecule has 2 heterocycles. The van der Waals surface area contributed by atoms with E-state index in [-0.39, 0.29) is 12.5 Å². The molecule has 0 unspecified atom stereocenters. The third-order valence-corrected chi connectivity index (χ3v) is 3.92. The first-order chi connectivity index (χ1) is 8.75. The summed E-state index contributed by atoms with van der Waals surface area (Å²) < 4.78 is 2.76. The van der Waals surface area contributed by atoms with Gasteiger partial charge in [-0.05, 0) is 27.4 Å². The minimum absolute atomic E-state index is 0.157. The van der Waals surface area contributed by atoms with Crippen LogP contribution in [0.3, 0.4) is 0 Å². The van der Waals surface area contributed by atoms with Crippen LogP contribution in [-0.2, 0) is 11.3 Å². The van der Waals surface area contributed by atoms with E-state index in [4.69, 9.17) is 0 Å². The highest BCUT2D eigenvalue weighted by Gasteiger charge is 2.06. The van der Waals surface area contributed by atoms with Crippen molar-refractivity contribution in [3.63, 3.8) is 0 Å². The van der Waals surface area contributed by atoms with Crippen molar-refractivity contribution >= 4 is 39.4 Å². The van der Waals surface area contributed by atoms with E-state index in [2.05, 4.69) is 26.5 Å². The first-order valence-electron chi connectivity index (χ1n) is 5.24. The molecule has 0 aromatic carbocycles. The molecule has 2 aromatic heterocycles. The van der Waals surface area contributed by atoms with Crippen LogP contribution in [0.4, 0.5) is 0 Å². The molecule has 2 aromatic rings. The first kappa shape index (κ1) is 12.9. The molecule has 4 nitrogen and oxygen atoms in total. The Labute approximate surface area is 117 Å². The maximum Gasteiger partial charge on any atom is 0.305 e. The maximum atomic E-state index is 11.6. The summed E-state index contributed by atoms with van der Waals surface area (Å²) in [4.78, 5) is 12.5. The first-order valence-corrected chi connectivity index (χ1v) is 6.92. The molecule has 18 heavy (non-hydrogen) atoms. The fourth-order valence-electron chi connectivity index (χ4n) is 1.30. The zero-order valence-electron chi connectivity index (χ0n) is 9.41. The summed E-state index contributed by atoms with van der Waals surface area (Å²) in [7, 11) is 0. The monoisotopic (exact) mass is 324 g/mol. The quantitative estimate of drug-likeness (QED) is 0.521. The predicted octanol–water partition coefficient (Wildman–Crippen LogP) is 1.95. The second-order valence-corrected chi connectivity index (χ2v) is 5.28. The van der Waals surface area contributed by atoms with Gasteiger partial charge in [0.2, 0.25) is 6.54 Å². The molecule has 0 aliphatic heterocycles. The van der Waals surface area contributed by atoms with Crippen molar-refractivity contribution in [3.8, 4) is 0 Å². The average Bonchev–Trinajstić information content (AvgIpc) is 2.76. The minimum atomic E-state index is -0.157. The fourth-order valence-corrected chi connectivity index (χ4v) is 2.64. The van der Waals surface area contributed by atoms with Gasteiger partial charge in [0.1, 0.15) is 0 Å². The molecule has 0 radical (unpaired) electrons. The zero-order chi connectivity index (χ0) is 12.8. The lowest BCUT2D eigenvalue weighted by Crippen LogP contribution is -2.40.